The maximum absolute atomic E-state index is 14.3. The maximum Gasteiger partial charge on any atom is 0.435 e. The topological polar surface area (TPSA) is 108 Å². The van der Waals surface area contributed by atoms with E-state index < -0.39 is 29.2 Å². The molecule has 0 fully saturated rings. The fourth-order valence-electron chi connectivity index (χ4n) is 3.86. The Morgan fingerprint density at radius 2 is 1.79 bits per heavy atom. The monoisotopic (exact) mass is 542 g/mol. The number of aryl methyl sites for hydroxylation is 1. The van der Waals surface area contributed by atoms with Crippen molar-refractivity contribution in [3.8, 4) is 17.0 Å². The summed E-state index contributed by atoms with van der Waals surface area (Å²) in [5, 5.41) is 22.0. The number of halogens is 4. The fraction of sp³-hybridized carbons (Fsp3) is 0.259. The number of amidine groups is 1. The Kier molecular flexibility index (Phi) is 7.31. The lowest BCUT2D eigenvalue weighted by atomic mass is 9.86. The first-order valence-corrected chi connectivity index (χ1v) is 11.8. The molecular weight excluding hydrogens is 516 g/mol. The van der Waals surface area contributed by atoms with Crippen molar-refractivity contribution in [3.05, 3.63) is 82.9 Å². The van der Waals surface area contributed by atoms with Gasteiger partial charge in [0.1, 0.15) is 17.4 Å². The van der Waals surface area contributed by atoms with E-state index in [0.717, 1.165) is 28.1 Å². The lowest BCUT2D eigenvalue weighted by Gasteiger charge is -2.19. The Balaban J connectivity index is 1.68. The highest BCUT2D eigenvalue weighted by Gasteiger charge is 2.39. The van der Waals surface area contributed by atoms with Gasteiger partial charge in [0.2, 0.25) is 0 Å². The summed E-state index contributed by atoms with van der Waals surface area (Å²) < 4.78 is 55.6. The Morgan fingerprint density at radius 1 is 1.10 bits per heavy atom. The molecular formula is C27H26F4N6O2. The van der Waals surface area contributed by atoms with Crippen LogP contribution in [0.1, 0.15) is 48.0 Å². The van der Waals surface area contributed by atoms with E-state index in [9.17, 15) is 27.5 Å². The molecule has 0 spiro atoms. The quantitative estimate of drug-likeness (QED) is 0.171. The van der Waals surface area contributed by atoms with Crippen molar-refractivity contribution in [2.24, 2.45) is 12.0 Å². The first kappa shape index (κ1) is 27.6. The number of alkyl halides is 3. The number of H-pyrrole nitrogens is 1. The number of hydrogen-bond donors (Lipinski definition) is 3. The van der Waals surface area contributed by atoms with Crippen molar-refractivity contribution in [1.29, 1.82) is 0 Å². The normalized spacial score (nSPS) is 12.6. The average Bonchev–Trinajstić information content (AvgIpc) is 3.45. The molecule has 0 atom stereocenters. The SMILES string of the molecule is Cn1cc(C(=O)NC(Cc2ccc(C(C)(C)C)cc2)=Nc2cc(-c3ccc(O)cc3F)[nH]n2)c(C(F)(F)F)n1. The van der Waals surface area contributed by atoms with Crippen LogP contribution in [0.15, 0.2) is 59.7 Å². The summed E-state index contributed by atoms with van der Waals surface area (Å²) in [7, 11) is 1.28. The van der Waals surface area contributed by atoms with Crippen LogP contribution < -0.4 is 5.32 Å². The van der Waals surface area contributed by atoms with E-state index in [2.05, 4.69) is 46.4 Å². The second kappa shape index (κ2) is 10.4. The third-order valence-electron chi connectivity index (χ3n) is 5.85. The van der Waals surface area contributed by atoms with Gasteiger partial charge in [-0.2, -0.15) is 23.4 Å². The number of amides is 1. The number of phenols is 1. The zero-order valence-electron chi connectivity index (χ0n) is 21.6. The number of nitrogens with zero attached hydrogens (tertiary/aromatic N) is 4. The van der Waals surface area contributed by atoms with Gasteiger partial charge in [0.25, 0.3) is 5.91 Å². The van der Waals surface area contributed by atoms with E-state index in [0.29, 0.717) is 0 Å². The summed E-state index contributed by atoms with van der Waals surface area (Å²) in [6.45, 7) is 6.19. The summed E-state index contributed by atoms with van der Waals surface area (Å²) >= 11 is 0. The van der Waals surface area contributed by atoms with E-state index in [4.69, 9.17) is 0 Å². The minimum atomic E-state index is -4.83. The third-order valence-corrected chi connectivity index (χ3v) is 5.85. The first-order valence-electron chi connectivity index (χ1n) is 11.8. The van der Waals surface area contributed by atoms with Crippen LogP contribution in [0.4, 0.5) is 23.4 Å². The van der Waals surface area contributed by atoms with Gasteiger partial charge in [0, 0.05) is 37.4 Å². The highest BCUT2D eigenvalue weighted by molar-refractivity contribution is 6.08. The lowest BCUT2D eigenvalue weighted by molar-refractivity contribution is -0.141. The van der Waals surface area contributed by atoms with E-state index >= 15 is 0 Å². The van der Waals surface area contributed by atoms with Crippen molar-refractivity contribution < 1.29 is 27.5 Å². The number of aromatic nitrogens is 4. The Morgan fingerprint density at radius 3 is 2.41 bits per heavy atom. The molecule has 12 heteroatoms. The molecule has 0 saturated carbocycles. The fourth-order valence-corrected chi connectivity index (χ4v) is 3.86. The van der Waals surface area contributed by atoms with Crippen molar-refractivity contribution in [2.45, 2.75) is 38.8 Å². The summed E-state index contributed by atoms with van der Waals surface area (Å²) in [6.07, 6.45) is -3.79. The second-order valence-electron chi connectivity index (χ2n) is 10.0. The molecule has 0 aliphatic rings. The molecule has 2 aromatic heterocycles. The maximum atomic E-state index is 14.3. The van der Waals surface area contributed by atoms with Crippen LogP contribution in [0.25, 0.3) is 11.3 Å². The average molecular weight is 543 g/mol. The van der Waals surface area contributed by atoms with Gasteiger partial charge in [-0.15, -0.1) is 0 Å². The standard InChI is InChI=1S/C27H26F4N6O2/c1-26(2,3)16-7-5-15(6-8-16)11-22(33-25(39)19-14-37(4)36-24(19)27(29,30)31)32-23-13-21(34-35-23)18-10-9-17(38)12-20(18)28/h5-10,12-14,38H,11H2,1-4H3,(H2,32,33,34,35,39). The molecule has 4 rings (SSSR count). The van der Waals surface area contributed by atoms with E-state index in [1.807, 2.05) is 24.3 Å². The van der Waals surface area contributed by atoms with Crippen molar-refractivity contribution in [2.75, 3.05) is 0 Å². The Labute approximate surface area is 221 Å². The number of aromatic hydroxyl groups is 1. The minimum Gasteiger partial charge on any atom is -0.508 e. The number of carbonyl (C=O) groups is 1. The van der Waals surface area contributed by atoms with Gasteiger partial charge in [-0.3, -0.25) is 14.6 Å². The summed E-state index contributed by atoms with van der Waals surface area (Å²) in [4.78, 5) is 17.3. The van der Waals surface area contributed by atoms with Crippen LogP contribution >= 0.6 is 0 Å². The first-order chi connectivity index (χ1) is 18.2. The number of aliphatic imine (C=N–C) groups is 1. The van der Waals surface area contributed by atoms with Crippen molar-refractivity contribution in [3.63, 3.8) is 0 Å². The van der Waals surface area contributed by atoms with Crippen molar-refractivity contribution >= 4 is 17.6 Å². The summed E-state index contributed by atoms with van der Waals surface area (Å²) in [6, 6.07) is 12.6. The molecule has 39 heavy (non-hydrogen) atoms. The predicted molar refractivity (Wildman–Crippen MR) is 137 cm³/mol. The lowest BCUT2D eigenvalue weighted by Crippen LogP contribution is -2.33. The van der Waals surface area contributed by atoms with Crippen molar-refractivity contribution in [1.82, 2.24) is 25.3 Å². The number of rotatable bonds is 5. The van der Waals surface area contributed by atoms with E-state index in [1.165, 1.54) is 25.2 Å². The van der Waals surface area contributed by atoms with Crippen LogP contribution in [0.2, 0.25) is 0 Å². The molecule has 8 nitrogen and oxygen atoms in total. The zero-order chi connectivity index (χ0) is 28.5. The molecule has 0 unspecified atom stereocenters. The van der Waals surface area contributed by atoms with Gasteiger partial charge >= 0.3 is 6.18 Å². The minimum absolute atomic E-state index is 0.0183. The van der Waals surface area contributed by atoms with Crippen LogP contribution in [0, 0.1) is 5.82 Å². The molecule has 0 radical (unpaired) electrons. The highest BCUT2D eigenvalue weighted by atomic mass is 19.4. The number of benzene rings is 2. The van der Waals surface area contributed by atoms with E-state index in [1.54, 1.807) is 0 Å². The van der Waals surface area contributed by atoms with Gasteiger partial charge in [0.05, 0.1) is 11.3 Å². The molecule has 1 amide bonds. The molecule has 3 N–H and O–H groups in total. The van der Waals surface area contributed by atoms with Gasteiger partial charge in [-0.05, 0) is 28.7 Å². The number of carbonyl (C=O) groups excluding carboxylic acids is 1. The Hall–Kier alpha value is -4.48. The van der Waals surface area contributed by atoms with Gasteiger partial charge in [-0.1, -0.05) is 45.0 Å². The molecule has 0 aliphatic carbocycles. The molecule has 2 aromatic carbocycles. The molecule has 0 aliphatic heterocycles. The van der Waals surface area contributed by atoms with Crippen LogP contribution in [-0.4, -0.2) is 36.8 Å². The predicted octanol–water partition coefficient (Wildman–Crippen LogP) is 5.67. The second-order valence-corrected chi connectivity index (χ2v) is 10.0. The highest BCUT2D eigenvalue weighted by Crippen LogP contribution is 2.31. The number of nitrogens with one attached hydrogen (secondary N) is 2. The van der Waals surface area contributed by atoms with Gasteiger partial charge in [0.15, 0.2) is 11.5 Å². The molecule has 4 aromatic rings. The third kappa shape index (κ3) is 6.51. The number of hydrogen-bond acceptors (Lipinski definition) is 5. The summed E-state index contributed by atoms with van der Waals surface area (Å²) in [5.74, 6) is -1.91. The molecule has 0 saturated heterocycles. The largest absolute Gasteiger partial charge is 0.508 e. The molecule has 204 valence electrons. The van der Waals surface area contributed by atoms with Gasteiger partial charge < -0.3 is 10.4 Å². The van der Waals surface area contributed by atoms with Gasteiger partial charge in [-0.25, -0.2) is 9.38 Å². The smallest absolute Gasteiger partial charge is 0.435 e. The van der Waals surface area contributed by atoms with Crippen LogP contribution in [0.5, 0.6) is 5.75 Å². The summed E-state index contributed by atoms with van der Waals surface area (Å²) in [5.41, 5.74) is 0.119. The van der Waals surface area contributed by atoms with Crippen LogP contribution in [0.3, 0.4) is 0 Å². The molecule has 2 heterocycles. The number of phenolic OH excluding ortho intramolecular Hbond substituents is 1. The molecule has 0 bridgehead atoms. The Bertz CT molecular complexity index is 1530. The zero-order valence-corrected chi connectivity index (χ0v) is 21.6. The van der Waals surface area contributed by atoms with Crippen LogP contribution in [-0.2, 0) is 25.1 Å². The number of aromatic amines is 1. The van der Waals surface area contributed by atoms with E-state index in [-0.39, 0.29) is 40.5 Å².